The molecule has 0 unspecified atom stereocenters. The summed E-state index contributed by atoms with van der Waals surface area (Å²) >= 11 is 11.8. The molecule has 0 aliphatic carbocycles. The second-order valence-electron chi connectivity index (χ2n) is 6.15. The molecule has 0 aliphatic rings. The van der Waals surface area contributed by atoms with Crippen molar-refractivity contribution in [2.45, 2.75) is 76.0 Å². The molecule has 1 N–H and O–H groups in total. The summed E-state index contributed by atoms with van der Waals surface area (Å²) in [5.41, 5.74) is 0. The van der Waals surface area contributed by atoms with Crippen LogP contribution in [0.2, 0.25) is 10.0 Å². The van der Waals surface area contributed by atoms with Gasteiger partial charge in [-0.25, -0.2) is 13.1 Å². The van der Waals surface area contributed by atoms with Crippen molar-refractivity contribution in [3.8, 4) is 0 Å². The third-order valence-corrected chi connectivity index (χ3v) is 6.18. The zero-order chi connectivity index (χ0) is 17.8. The molecular weight excluding hydrogens is 365 g/mol. The summed E-state index contributed by atoms with van der Waals surface area (Å²) in [7, 11) is -3.59. The normalized spacial score (nSPS) is 11.8. The van der Waals surface area contributed by atoms with Crippen molar-refractivity contribution in [1.29, 1.82) is 0 Å². The molecule has 1 aromatic rings. The Morgan fingerprint density at radius 2 is 1.42 bits per heavy atom. The third kappa shape index (κ3) is 8.70. The minimum Gasteiger partial charge on any atom is -0.211 e. The molecule has 138 valence electrons. The molecule has 0 radical (unpaired) electrons. The quantitative estimate of drug-likeness (QED) is 0.405. The summed E-state index contributed by atoms with van der Waals surface area (Å²) in [6.07, 6.45) is 12.2. The van der Waals surface area contributed by atoms with Gasteiger partial charge < -0.3 is 0 Å². The summed E-state index contributed by atoms with van der Waals surface area (Å²) in [6, 6.07) is 4.45. The van der Waals surface area contributed by atoms with E-state index in [1.807, 2.05) is 0 Å². The van der Waals surface area contributed by atoms with Crippen LogP contribution in [0.4, 0.5) is 0 Å². The number of nitrogens with one attached hydrogen (secondary N) is 1. The predicted molar refractivity (Wildman–Crippen MR) is 103 cm³/mol. The summed E-state index contributed by atoms with van der Waals surface area (Å²) in [5.74, 6) is 0. The van der Waals surface area contributed by atoms with E-state index < -0.39 is 10.0 Å². The summed E-state index contributed by atoms with van der Waals surface area (Å²) in [4.78, 5) is 0.0451. The van der Waals surface area contributed by atoms with Gasteiger partial charge in [-0.3, -0.25) is 0 Å². The van der Waals surface area contributed by atoms with E-state index in [4.69, 9.17) is 23.2 Å². The van der Waals surface area contributed by atoms with E-state index in [0.717, 1.165) is 19.3 Å². The van der Waals surface area contributed by atoms with Crippen molar-refractivity contribution in [3.05, 3.63) is 28.2 Å². The smallest absolute Gasteiger partial charge is 0.211 e. The van der Waals surface area contributed by atoms with Crippen molar-refractivity contribution in [3.63, 3.8) is 0 Å². The molecule has 0 atom stereocenters. The van der Waals surface area contributed by atoms with Gasteiger partial charge in [-0.15, -0.1) is 0 Å². The van der Waals surface area contributed by atoms with Crippen LogP contribution in [-0.2, 0) is 10.0 Å². The molecule has 0 saturated carbocycles. The largest absolute Gasteiger partial charge is 0.242 e. The first-order valence-electron chi connectivity index (χ1n) is 8.92. The first-order valence-corrected chi connectivity index (χ1v) is 11.2. The molecule has 0 bridgehead atoms. The van der Waals surface area contributed by atoms with E-state index in [9.17, 15) is 8.42 Å². The fourth-order valence-electron chi connectivity index (χ4n) is 2.58. The molecule has 6 heteroatoms. The maximum Gasteiger partial charge on any atom is 0.242 e. The fraction of sp³-hybridized carbons (Fsp3) is 0.667. The third-order valence-electron chi connectivity index (χ3n) is 4.01. The van der Waals surface area contributed by atoms with Crippen molar-refractivity contribution in [2.75, 3.05) is 6.54 Å². The Kier molecular flexibility index (Phi) is 11.0. The van der Waals surface area contributed by atoms with Crippen LogP contribution >= 0.6 is 23.2 Å². The van der Waals surface area contributed by atoms with Crippen molar-refractivity contribution < 1.29 is 8.42 Å². The number of hydrogen-bond donors (Lipinski definition) is 1. The van der Waals surface area contributed by atoms with Crippen molar-refractivity contribution in [2.24, 2.45) is 0 Å². The van der Waals surface area contributed by atoms with Gasteiger partial charge in [0.05, 0.1) is 5.02 Å². The monoisotopic (exact) mass is 393 g/mol. The molecule has 0 amide bonds. The lowest BCUT2D eigenvalue weighted by atomic mass is 10.1. The van der Waals surface area contributed by atoms with Gasteiger partial charge in [0, 0.05) is 11.6 Å². The van der Waals surface area contributed by atoms with Gasteiger partial charge in [0.2, 0.25) is 10.0 Å². The van der Waals surface area contributed by atoms with E-state index in [1.54, 1.807) is 6.07 Å². The Morgan fingerprint density at radius 3 is 2.00 bits per heavy atom. The average molecular weight is 394 g/mol. The number of rotatable bonds is 13. The van der Waals surface area contributed by atoms with Crippen LogP contribution in [0.1, 0.15) is 71.1 Å². The number of benzene rings is 1. The molecule has 0 saturated heterocycles. The lowest BCUT2D eigenvalue weighted by Crippen LogP contribution is -2.25. The van der Waals surface area contributed by atoms with E-state index >= 15 is 0 Å². The molecule has 0 aromatic heterocycles. The van der Waals surface area contributed by atoms with Gasteiger partial charge in [-0.1, -0.05) is 87.9 Å². The Hall–Kier alpha value is -0.290. The molecule has 3 nitrogen and oxygen atoms in total. The number of sulfonamides is 1. The highest BCUT2D eigenvalue weighted by molar-refractivity contribution is 7.89. The number of unbranched alkanes of at least 4 members (excludes halogenated alkanes) is 9. The van der Waals surface area contributed by atoms with Crippen LogP contribution in [0.25, 0.3) is 0 Å². The van der Waals surface area contributed by atoms with Crippen LogP contribution < -0.4 is 4.72 Å². The Labute approximate surface area is 157 Å². The van der Waals surface area contributed by atoms with Gasteiger partial charge in [0.1, 0.15) is 4.90 Å². The Balaban J connectivity index is 2.15. The molecular formula is C18H29Cl2NO2S. The molecule has 1 rings (SSSR count). The molecule has 24 heavy (non-hydrogen) atoms. The summed E-state index contributed by atoms with van der Waals surface area (Å²) in [5, 5.41) is 0.550. The minimum absolute atomic E-state index is 0.0451. The van der Waals surface area contributed by atoms with Crippen molar-refractivity contribution >= 4 is 33.2 Å². The van der Waals surface area contributed by atoms with E-state index in [2.05, 4.69) is 11.6 Å². The van der Waals surface area contributed by atoms with Gasteiger partial charge in [-0.2, -0.15) is 0 Å². The molecule has 0 fully saturated rings. The highest BCUT2D eigenvalue weighted by Crippen LogP contribution is 2.24. The van der Waals surface area contributed by atoms with E-state index in [0.29, 0.717) is 11.6 Å². The fourth-order valence-corrected chi connectivity index (χ4v) is 4.41. The summed E-state index contributed by atoms with van der Waals surface area (Å²) < 4.78 is 27.0. The first-order chi connectivity index (χ1) is 11.5. The number of hydrogen-bond acceptors (Lipinski definition) is 2. The Bertz CT molecular complexity index is 576. The van der Waals surface area contributed by atoms with Gasteiger partial charge >= 0.3 is 0 Å². The average Bonchev–Trinajstić information content (AvgIpc) is 2.54. The van der Waals surface area contributed by atoms with E-state index in [-0.39, 0.29) is 9.92 Å². The van der Waals surface area contributed by atoms with Gasteiger partial charge in [-0.05, 0) is 24.6 Å². The van der Waals surface area contributed by atoms with Gasteiger partial charge in [0.15, 0.2) is 0 Å². The second-order valence-corrected chi connectivity index (χ2v) is 8.73. The summed E-state index contributed by atoms with van der Waals surface area (Å²) in [6.45, 7) is 2.66. The topological polar surface area (TPSA) is 46.2 Å². The maximum atomic E-state index is 12.2. The molecule has 0 spiro atoms. The first kappa shape index (κ1) is 21.8. The van der Waals surface area contributed by atoms with Crippen LogP contribution in [0.15, 0.2) is 23.1 Å². The van der Waals surface area contributed by atoms with Crippen molar-refractivity contribution in [1.82, 2.24) is 4.72 Å². The molecule has 1 aromatic carbocycles. The highest BCUT2D eigenvalue weighted by atomic mass is 35.5. The van der Waals surface area contributed by atoms with Crippen LogP contribution in [0, 0.1) is 0 Å². The molecule has 0 heterocycles. The van der Waals surface area contributed by atoms with Crippen LogP contribution in [0.5, 0.6) is 0 Å². The Morgan fingerprint density at radius 1 is 0.875 bits per heavy atom. The number of halogens is 2. The SMILES string of the molecule is CCCCCCCCCCCCNS(=O)(=O)c1cc(Cl)ccc1Cl. The standard InChI is InChI=1S/C18H29Cl2NO2S/c1-2-3-4-5-6-7-8-9-10-11-14-21-24(22,23)18-15-16(19)12-13-17(18)20/h12-13,15,21H,2-11,14H2,1H3. The predicted octanol–water partition coefficient (Wildman–Crippen LogP) is 6.19. The lowest BCUT2D eigenvalue weighted by molar-refractivity contribution is 0.549. The zero-order valence-corrected chi connectivity index (χ0v) is 16.8. The second kappa shape index (κ2) is 12.1. The van der Waals surface area contributed by atoms with E-state index in [1.165, 1.54) is 57.1 Å². The van der Waals surface area contributed by atoms with Crippen LogP contribution in [0.3, 0.4) is 0 Å². The zero-order valence-electron chi connectivity index (χ0n) is 14.5. The highest BCUT2D eigenvalue weighted by Gasteiger charge is 2.17. The van der Waals surface area contributed by atoms with Crippen LogP contribution in [-0.4, -0.2) is 15.0 Å². The minimum atomic E-state index is -3.59. The molecule has 0 aliphatic heterocycles. The maximum absolute atomic E-state index is 12.2. The lowest BCUT2D eigenvalue weighted by Gasteiger charge is -2.08. The van der Waals surface area contributed by atoms with Gasteiger partial charge in [0.25, 0.3) is 0 Å².